The normalized spacial score (nSPS) is 18.1. The van der Waals surface area contributed by atoms with Gasteiger partial charge in [0, 0.05) is 5.92 Å². The van der Waals surface area contributed by atoms with Gasteiger partial charge in [0.15, 0.2) is 44.8 Å². The molecule has 2 bridgehead atoms. The number of esters is 5. The van der Waals surface area contributed by atoms with Crippen LogP contribution < -0.4 is 14.2 Å². The summed E-state index contributed by atoms with van der Waals surface area (Å²) in [4.78, 5) is 63.2. The molecule has 3 fully saturated rings. The number of hydrogen-bond acceptors (Lipinski definition) is 17. The second-order valence-corrected chi connectivity index (χ2v) is 35.4. The Balaban J connectivity index is 0.000000185. The Morgan fingerprint density at radius 3 is 1.51 bits per heavy atom. The zero-order chi connectivity index (χ0) is 81.7. The summed E-state index contributed by atoms with van der Waals surface area (Å²) >= 11 is 0. The minimum atomic E-state index is -5.86. The summed E-state index contributed by atoms with van der Waals surface area (Å²) in [5.74, 6) is 2.26. The van der Waals surface area contributed by atoms with Crippen molar-refractivity contribution < 1.29 is 88.7 Å². The molecule has 7 aromatic carbocycles. The Morgan fingerprint density at radius 2 is 1.02 bits per heavy atom. The molecule has 7 unspecified atom stereocenters. The van der Waals surface area contributed by atoms with Crippen molar-refractivity contribution in [3.63, 3.8) is 0 Å². The molecule has 4 aliphatic heterocycles. The van der Waals surface area contributed by atoms with Crippen LogP contribution in [0.25, 0.3) is 11.1 Å². The van der Waals surface area contributed by atoms with Crippen LogP contribution in [0, 0.1) is 27.6 Å². The number of alkyl halides is 2. The first kappa shape index (κ1) is 88.6. The number of halogens is 2. The minimum Gasteiger partial charge on any atom is -0.743 e. The Hall–Kier alpha value is -8.63. The van der Waals surface area contributed by atoms with E-state index in [4.69, 9.17) is 38.3 Å². The van der Waals surface area contributed by atoms with Crippen LogP contribution in [0.15, 0.2) is 191 Å². The maximum absolute atomic E-state index is 13.0. The van der Waals surface area contributed by atoms with Crippen LogP contribution in [0.2, 0.25) is 0 Å². The molecule has 21 heteroatoms. The molecule has 1 N–H and O–H groups in total. The molecule has 7 aromatic rings. The van der Waals surface area contributed by atoms with Crippen LogP contribution in [0.1, 0.15) is 212 Å². The van der Waals surface area contributed by atoms with Crippen molar-refractivity contribution in [2.45, 2.75) is 257 Å². The van der Waals surface area contributed by atoms with Crippen molar-refractivity contribution in [3.8, 4) is 39.9 Å². The van der Waals surface area contributed by atoms with Gasteiger partial charge >= 0.3 is 35.1 Å². The van der Waals surface area contributed by atoms with E-state index in [-0.39, 0.29) is 70.2 Å². The maximum Gasteiger partial charge on any atom is 0.369 e. The number of fused-ring (bicyclic) bond motifs is 6. The summed E-state index contributed by atoms with van der Waals surface area (Å²) in [6, 6.07) is 58.8. The molecule has 12 rings (SSSR count). The van der Waals surface area contributed by atoms with Gasteiger partial charge in [0.25, 0.3) is 0 Å². The van der Waals surface area contributed by atoms with E-state index in [1.807, 2.05) is 100 Å². The zero-order valence-corrected chi connectivity index (χ0v) is 69.0. The van der Waals surface area contributed by atoms with Gasteiger partial charge in [-0.15, -0.1) is 0 Å². The molecular formula is C89H112F2O17S2. The molecule has 0 aromatic heterocycles. The summed E-state index contributed by atoms with van der Waals surface area (Å²) in [5, 5.41) is 4.42. The van der Waals surface area contributed by atoms with Crippen LogP contribution in [0.3, 0.4) is 0 Å². The lowest BCUT2D eigenvalue weighted by Crippen LogP contribution is -2.44. The zero-order valence-electron chi connectivity index (χ0n) is 67.4. The Bertz CT molecular complexity index is 4290. The van der Waals surface area contributed by atoms with Gasteiger partial charge in [-0.05, 0) is 241 Å². The minimum absolute atomic E-state index is 0.0570. The fraction of sp³-hybridized carbons (Fsp3) is 0.472. The van der Waals surface area contributed by atoms with Gasteiger partial charge in [0.1, 0.15) is 45.4 Å². The Kier molecular flexibility index (Phi) is 29.5. The molecule has 0 spiro atoms. The maximum atomic E-state index is 13.0. The van der Waals surface area contributed by atoms with Gasteiger partial charge in [-0.3, -0.25) is 24.0 Å². The van der Waals surface area contributed by atoms with Crippen LogP contribution in [-0.4, -0.2) is 94.9 Å². The number of phenolic OH excluding ortho intramolecular Hbond substituents is 1. The van der Waals surface area contributed by atoms with Gasteiger partial charge < -0.3 is 47.6 Å². The van der Waals surface area contributed by atoms with E-state index in [1.165, 1.54) is 74.9 Å². The van der Waals surface area contributed by atoms with E-state index < -0.39 is 66.9 Å². The Labute approximate surface area is 652 Å². The molecule has 110 heavy (non-hydrogen) atoms. The van der Waals surface area contributed by atoms with Gasteiger partial charge in [-0.25, -0.2) is 8.42 Å². The molecule has 1 aliphatic carbocycles. The largest absolute Gasteiger partial charge is 0.743 e. The topological polar surface area (TPSA) is 237 Å². The third-order valence-corrected chi connectivity index (χ3v) is 24.7. The van der Waals surface area contributed by atoms with Crippen molar-refractivity contribution in [2.75, 3.05) is 0 Å². The number of ether oxygens (including phenoxy) is 8. The predicted molar refractivity (Wildman–Crippen MR) is 422 cm³/mol. The van der Waals surface area contributed by atoms with Crippen LogP contribution in [0.5, 0.6) is 28.7 Å². The van der Waals surface area contributed by atoms with Crippen molar-refractivity contribution in [1.29, 1.82) is 0 Å². The molecule has 4 heterocycles. The first-order valence-electron chi connectivity index (χ1n) is 37.9. The number of carbonyl (C=O) groups excluding carboxylic acids is 5. The number of para-hydroxylation sites is 2. The molecule has 0 amide bonds. The van der Waals surface area contributed by atoms with Gasteiger partial charge in [0.2, 0.25) is 9.79 Å². The number of benzene rings is 7. The molecule has 0 radical (unpaired) electrons. The summed E-state index contributed by atoms with van der Waals surface area (Å²) in [7, 11) is -5.94. The third kappa shape index (κ3) is 21.5. The number of rotatable bonds is 21. The molecule has 596 valence electrons. The second kappa shape index (κ2) is 36.7. The van der Waals surface area contributed by atoms with E-state index in [0.29, 0.717) is 37.9 Å². The number of carbonyl (C=O) groups is 5. The molecule has 5 aliphatic rings. The second-order valence-electron chi connectivity index (χ2n) is 32.0. The molecule has 0 saturated carbocycles. The summed E-state index contributed by atoms with van der Waals surface area (Å²) in [5.41, 5.74) is 3.23. The first-order valence-corrected chi connectivity index (χ1v) is 40.6. The van der Waals surface area contributed by atoms with E-state index in [0.717, 1.165) is 36.5 Å². The quantitative estimate of drug-likeness (QED) is 0.0231. The molecule has 7 atom stereocenters. The highest BCUT2D eigenvalue weighted by Crippen LogP contribution is 2.52. The fourth-order valence-electron chi connectivity index (χ4n) is 11.9. The number of hydrogen-bond donors (Lipinski definition) is 1. The third-order valence-electron chi connectivity index (χ3n) is 21.4. The summed E-state index contributed by atoms with van der Waals surface area (Å²) < 4.78 is 101. The summed E-state index contributed by atoms with van der Waals surface area (Å²) in [6.45, 7) is 37.4. The van der Waals surface area contributed by atoms with E-state index in [1.54, 1.807) is 19.1 Å². The lowest BCUT2D eigenvalue weighted by atomic mass is 9.82. The highest BCUT2D eigenvalue weighted by molar-refractivity contribution is 7.97. The molecule has 17 nitrogen and oxygen atoms in total. The smallest absolute Gasteiger partial charge is 0.369 e. The van der Waals surface area contributed by atoms with Gasteiger partial charge in [0.05, 0.1) is 33.7 Å². The van der Waals surface area contributed by atoms with E-state index in [9.17, 15) is 45.7 Å². The van der Waals surface area contributed by atoms with Crippen molar-refractivity contribution in [3.05, 3.63) is 193 Å². The molecular weight excluding hydrogens is 1440 g/mol. The highest BCUT2D eigenvalue weighted by Gasteiger charge is 2.65. The lowest BCUT2D eigenvalue weighted by Gasteiger charge is -2.36. The first-order chi connectivity index (χ1) is 51.4. The Morgan fingerprint density at radius 1 is 0.564 bits per heavy atom. The van der Waals surface area contributed by atoms with Crippen LogP contribution in [-0.2, 0) is 68.7 Å². The molecule has 3 saturated heterocycles. The monoisotopic (exact) mass is 1550 g/mol. The lowest BCUT2D eigenvalue weighted by molar-refractivity contribution is -0.170. The highest BCUT2D eigenvalue weighted by atomic mass is 32.2. The van der Waals surface area contributed by atoms with Crippen molar-refractivity contribution in [1.82, 2.24) is 0 Å². The fourth-order valence-corrected chi connectivity index (χ4v) is 14.6. The van der Waals surface area contributed by atoms with Gasteiger partial charge in [-0.1, -0.05) is 152 Å². The van der Waals surface area contributed by atoms with Crippen molar-refractivity contribution >= 4 is 50.9 Å². The standard InChI is InChI=1S/C22H26O2.C18H13OS.C15H24O.C13H18O5.C12H16O3.C9H16F2O5S/c1-6-21(2,3)20(23)24-22(4,5)19-17-13-9-7-11-15(17)16-12-8-10-14-18(16)19;1-2-8-14(9-3-1)20-17-12-6-4-10-15(17)19-16-11-5-7-13-18(16)20;1-6-12(3)13-8-10-14(11-9-13)16-15(4,5)7-2;1-4-13(2,3)12(15)18-9-7-5-6-8(16-7)10(9)17-11(6)14;1-4-12(2,3)11(14)15-10-7-5-9(13)6-8-10;1-5-8(3,4)7(12)16-6(2)9(10,11)17(13,14)15/h7-14,19H,6H2,1-5H3;1-13H;8-12H,6-7H2,1-5H3;6-10H,4-5H2,1-3H3;5-8,13H,4H2,1-3H3;6H,5H2,1-4H3,(H,13,14,15)/q;+1;;;;/p-1. The number of phenols is 1. The van der Waals surface area contributed by atoms with Crippen LogP contribution >= 0.6 is 0 Å². The predicted octanol–water partition coefficient (Wildman–Crippen LogP) is 20.5. The average Bonchev–Trinajstić information content (AvgIpc) is 1.71. The summed E-state index contributed by atoms with van der Waals surface area (Å²) in [6.07, 6.45) is 1.83. The van der Waals surface area contributed by atoms with Crippen LogP contribution in [0.4, 0.5) is 8.78 Å². The van der Waals surface area contributed by atoms with Gasteiger partial charge in [-0.2, -0.15) is 8.78 Å². The van der Waals surface area contributed by atoms with E-state index in [2.05, 4.69) is 167 Å². The van der Waals surface area contributed by atoms with Crippen molar-refractivity contribution in [2.24, 2.45) is 27.6 Å². The number of aromatic hydroxyl groups is 1. The SMILES string of the molecule is CCC(C)(C)C(=O)OC(C)(C)C1c2ccccc2-c2ccccc21.CCC(C)(C)C(=O)OC(C)C(F)(F)S(=O)(=O)[O-].CCC(C)(C)C(=O)OC1C2CC3C(=O)OC1C3O2.CCC(C)(C)C(=O)Oc1ccc(O)cc1.CCC(C)c1ccc(OC(C)(C)CC)cc1.c1ccc([S+]2c3ccccc3Oc3ccccc32)cc1. The average molecular weight is 1560 g/mol. The van der Waals surface area contributed by atoms with E-state index >= 15 is 0 Å².